The van der Waals surface area contributed by atoms with E-state index in [0.29, 0.717) is 24.7 Å². The molecule has 0 aromatic carbocycles. The number of hydrogen-bond donors (Lipinski definition) is 3. The van der Waals surface area contributed by atoms with Crippen molar-refractivity contribution in [1.82, 2.24) is 19.8 Å². The average Bonchev–Trinajstić information content (AvgIpc) is 3.31. The van der Waals surface area contributed by atoms with E-state index in [9.17, 15) is 4.79 Å². The first kappa shape index (κ1) is 25.1. The Morgan fingerprint density at radius 3 is 2.56 bits per heavy atom. The first-order valence-electron chi connectivity index (χ1n) is 10.3. The zero-order chi connectivity index (χ0) is 23.5. The maximum atomic E-state index is 12.9. The van der Waals surface area contributed by atoms with Crippen LogP contribution in [0.15, 0.2) is 23.0 Å². The van der Waals surface area contributed by atoms with E-state index in [1.807, 2.05) is 4.90 Å². The molecule has 0 unspecified atom stereocenters. The van der Waals surface area contributed by atoms with Gasteiger partial charge in [0.25, 0.3) is 18.9 Å². The van der Waals surface area contributed by atoms with Gasteiger partial charge in [-0.15, -0.1) is 0 Å². The summed E-state index contributed by atoms with van der Waals surface area (Å²) in [5, 5.41) is 13.8. The van der Waals surface area contributed by atoms with Crippen molar-refractivity contribution in [2.24, 2.45) is 5.92 Å². The number of nitrogens with zero attached hydrogens (tertiary/aromatic N) is 3. The number of furan rings is 1. The molecule has 0 aliphatic carbocycles. The van der Waals surface area contributed by atoms with Gasteiger partial charge in [0.1, 0.15) is 12.1 Å². The number of carbonyl (C=O) groups excluding carboxylic acids is 1. The van der Waals surface area contributed by atoms with E-state index in [4.69, 9.17) is 33.9 Å². The molecule has 2 aromatic rings. The van der Waals surface area contributed by atoms with Gasteiger partial charge < -0.3 is 29.3 Å². The van der Waals surface area contributed by atoms with Gasteiger partial charge in [-0.25, -0.2) is 4.98 Å². The fourth-order valence-corrected chi connectivity index (χ4v) is 3.97. The van der Waals surface area contributed by atoms with Crippen LogP contribution in [0.5, 0.6) is 0 Å². The van der Waals surface area contributed by atoms with E-state index in [1.165, 1.54) is 6.26 Å². The summed E-state index contributed by atoms with van der Waals surface area (Å²) in [5.74, 6) is 1.38. The molecule has 4 rings (SSSR count). The second-order valence-corrected chi connectivity index (χ2v) is 7.54. The minimum atomic E-state index is -0.250. The zero-order valence-electron chi connectivity index (χ0n) is 18.3. The number of aromatic nitrogens is 2. The molecule has 2 atom stereocenters. The third kappa shape index (κ3) is 6.66. The van der Waals surface area contributed by atoms with Gasteiger partial charge in [0.15, 0.2) is 0 Å². The Morgan fingerprint density at radius 1 is 1.25 bits per heavy atom. The topological polar surface area (TPSA) is 149 Å². The minimum absolute atomic E-state index is 0.0327. The van der Waals surface area contributed by atoms with Gasteiger partial charge in [-0.1, -0.05) is 6.92 Å². The lowest BCUT2D eigenvalue weighted by Crippen LogP contribution is -2.46. The highest BCUT2D eigenvalue weighted by Crippen LogP contribution is 2.23. The van der Waals surface area contributed by atoms with Crippen LogP contribution in [0.2, 0.25) is 0 Å². The number of imidazole rings is 1. The molecule has 0 saturated carbocycles. The minimum Gasteiger partial charge on any atom is -0.483 e. The van der Waals surface area contributed by atoms with Crippen LogP contribution in [-0.2, 0) is 27.3 Å². The van der Waals surface area contributed by atoms with Gasteiger partial charge >= 0.3 is 0 Å². The summed E-state index contributed by atoms with van der Waals surface area (Å²) in [6.45, 7) is 8.21. The molecule has 3 N–H and O–H groups in total. The van der Waals surface area contributed by atoms with Crippen molar-refractivity contribution in [3.8, 4) is 0 Å². The summed E-state index contributed by atoms with van der Waals surface area (Å²) < 4.78 is 10.9. The van der Waals surface area contributed by atoms with Crippen LogP contribution < -0.4 is 0 Å². The number of aryl methyl sites for hydroxylation is 2. The van der Waals surface area contributed by atoms with Crippen LogP contribution in [0.4, 0.5) is 0 Å². The summed E-state index contributed by atoms with van der Waals surface area (Å²) >= 11 is 0. The van der Waals surface area contributed by atoms with Gasteiger partial charge in [-0.3, -0.25) is 19.3 Å². The van der Waals surface area contributed by atoms with Crippen LogP contribution in [0.3, 0.4) is 0 Å². The standard InChI is InChI=1S/C19H26N4O3.2CH2O2/c1-3-18-20-13(2)17(21-18)9-22-6-14-7-23(16(8-22)12-26-10-14)19(24)15-4-5-25-11-15;2*2-1-3/h4-5,11,14,16H,3,6-10,12H2,1-2H3,(H,20,21);2*1H,(H,2,3)/t14-,16-;;/m0../s1. The highest BCUT2D eigenvalue weighted by atomic mass is 16.5. The van der Waals surface area contributed by atoms with Crippen molar-refractivity contribution in [3.05, 3.63) is 41.4 Å². The highest BCUT2D eigenvalue weighted by molar-refractivity contribution is 5.94. The SMILES string of the molecule is CCc1nc(CN2C[C@@H]3COC[C@H](C2)N(C(=O)c2ccoc2)C3)c(C)[nH]1.O=CO.O=CO. The number of hydrogen-bond acceptors (Lipinski definition) is 7. The molecular weight excluding hydrogens is 420 g/mol. The second-order valence-electron chi connectivity index (χ2n) is 7.54. The fourth-order valence-electron chi connectivity index (χ4n) is 3.97. The van der Waals surface area contributed by atoms with Crippen LogP contribution in [0.1, 0.15) is 34.5 Å². The number of carboxylic acid groups (broad SMARTS) is 2. The van der Waals surface area contributed by atoms with E-state index in [-0.39, 0.29) is 24.9 Å². The Balaban J connectivity index is 0.000000547. The fraction of sp³-hybridized carbons (Fsp3) is 0.524. The molecule has 32 heavy (non-hydrogen) atoms. The van der Waals surface area contributed by atoms with E-state index < -0.39 is 0 Å². The quantitative estimate of drug-likeness (QED) is 0.585. The van der Waals surface area contributed by atoms with Crippen molar-refractivity contribution in [1.29, 1.82) is 0 Å². The first-order valence-corrected chi connectivity index (χ1v) is 10.3. The molecule has 1 amide bonds. The lowest BCUT2D eigenvalue weighted by atomic mass is 10.1. The summed E-state index contributed by atoms with van der Waals surface area (Å²) in [7, 11) is 0. The number of fused-ring (bicyclic) bond motifs is 3. The molecular formula is C21H30N4O7. The normalized spacial score (nSPS) is 20.1. The molecule has 4 heterocycles. The lowest BCUT2D eigenvalue weighted by molar-refractivity contribution is -0.123. The molecule has 2 fully saturated rings. The predicted molar refractivity (Wildman–Crippen MR) is 113 cm³/mol. The number of amides is 1. The molecule has 176 valence electrons. The lowest BCUT2D eigenvalue weighted by Gasteiger charge is -2.30. The molecule has 2 saturated heterocycles. The van der Waals surface area contributed by atoms with Gasteiger partial charge in [-0.05, 0) is 13.0 Å². The monoisotopic (exact) mass is 450 g/mol. The third-order valence-electron chi connectivity index (χ3n) is 5.32. The van der Waals surface area contributed by atoms with E-state index >= 15 is 0 Å². The van der Waals surface area contributed by atoms with Gasteiger partial charge in [0.2, 0.25) is 0 Å². The number of H-pyrrole nitrogens is 1. The maximum absolute atomic E-state index is 12.9. The van der Waals surface area contributed by atoms with Crippen molar-refractivity contribution < 1.29 is 33.8 Å². The maximum Gasteiger partial charge on any atom is 0.290 e. The predicted octanol–water partition coefficient (Wildman–Crippen LogP) is 1.25. The van der Waals surface area contributed by atoms with Crippen LogP contribution in [-0.4, -0.2) is 87.7 Å². The molecule has 11 nitrogen and oxygen atoms in total. The number of aromatic amines is 1. The molecule has 11 heteroatoms. The van der Waals surface area contributed by atoms with E-state index in [0.717, 1.165) is 49.8 Å². The Morgan fingerprint density at radius 2 is 1.97 bits per heavy atom. The molecule has 2 aliphatic rings. The van der Waals surface area contributed by atoms with E-state index in [1.54, 1.807) is 12.3 Å². The summed E-state index contributed by atoms with van der Waals surface area (Å²) in [4.78, 5) is 42.1. The Kier molecular flexibility index (Phi) is 9.89. The smallest absolute Gasteiger partial charge is 0.290 e. The van der Waals surface area contributed by atoms with Crippen molar-refractivity contribution >= 4 is 18.9 Å². The zero-order valence-corrected chi connectivity index (χ0v) is 18.3. The average molecular weight is 450 g/mol. The van der Waals surface area contributed by atoms with Gasteiger partial charge in [-0.2, -0.15) is 0 Å². The largest absolute Gasteiger partial charge is 0.483 e. The Bertz CT molecular complexity index is 846. The highest BCUT2D eigenvalue weighted by Gasteiger charge is 2.36. The molecule has 2 bridgehead atoms. The van der Waals surface area contributed by atoms with Gasteiger partial charge in [0.05, 0.1) is 36.8 Å². The number of carbonyl (C=O) groups is 3. The molecule has 0 radical (unpaired) electrons. The molecule has 2 aliphatic heterocycles. The van der Waals surface area contributed by atoms with Crippen LogP contribution in [0, 0.1) is 12.8 Å². The summed E-state index contributed by atoms with van der Waals surface area (Å²) in [5.41, 5.74) is 2.86. The first-order chi connectivity index (χ1) is 15.5. The Labute approximate surface area is 186 Å². The van der Waals surface area contributed by atoms with Crippen molar-refractivity contribution in [2.75, 3.05) is 32.8 Å². The van der Waals surface area contributed by atoms with Crippen molar-refractivity contribution in [3.63, 3.8) is 0 Å². The number of nitrogens with one attached hydrogen (secondary N) is 1. The van der Waals surface area contributed by atoms with E-state index in [2.05, 4.69) is 23.7 Å². The summed E-state index contributed by atoms with van der Waals surface area (Å²) in [6.07, 6.45) is 3.98. The van der Waals surface area contributed by atoms with Crippen LogP contribution >= 0.6 is 0 Å². The molecule has 2 aromatic heterocycles. The summed E-state index contributed by atoms with van der Waals surface area (Å²) in [6, 6.07) is 1.78. The third-order valence-corrected chi connectivity index (χ3v) is 5.32. The van der Waals surface area contributed by atoms with Crippen LogP contribution in [0.25, 0.3) is 0 Å². The van der Waals surface area contributed by atoms with Crippen molar-refractivity contribution in [2.45, 2.75) is 32.9 Å². The number of ether oxygens (including phenoxy) is 1. The van der Waals surface area contributed by atoms with Gasteiger partial charge in [0, 0.05) is 44.2 Å². The Hall–Kier alpha value is -3.18. The second kappa shape index (κ2) is 12.6. The number of rotatable bonds is 4. The molecule has 0 spiro atoms.